The summed E-state index contributed by atoms with van der Waals surface area (Å²) in [6.07, 6.45) is 8.73. The molecule has 0 bridgehead atoms. The summed E-state index contributed by atoms with van der Waals surface area (Å²) in [5, 5.41) is 2.80. The Bertz CT molecular complexity index is 472. The summed E-state index contributed by atoms with van der Waals surface area (Å²) < 4.78 is 6.04. The summed E-state index contributed by atoms with van der Waals surface area (Å²) in [5.74, 6) is 0. The molecule has 23 heavy (non-hydrogen) atoms. The standard InChI is InChI=1S/C21H29OP/c1-2-3-4-5-6-13-18-22-19-23(20-14-9-7-10-15-20)21-16-11-8-12-17-21/h7-12,14-17H,2-6,13,18-19H2,1H3. The van der Waals surface area contributed by atoms with Crippen LogP contribution in [0, 0.1) is 0 Å². The Labute approximate surface area is 142 Å². The number of rotatable bonds is 11. The molecule has 0 N–H and O–H groups in total. The molecule has 2 rings (SSSR count). The summed E-state index contributed by atoms with van der Waals surface area (Å²) in [7, 11) is -0.403. The van der Waals surface area contributed by atoms with Gasteiger partial charge in [-0.3, -0.25) is 0 Å². The second kappa shape index (κ2) is 11.4. The lowest BCUT2D eigenvalue weighted by atomic mass is 10.1. The maximum absolute atomic E-state index is 6.04. The Morgan fingerprint density at radius 3 is 1.78 bits per heavy atom. The zero-order valence-corrected chi connectivity index (χ0v) is 15.2. The van der Waals surface area contributed by atoms with Gasteiger partial charge >= 0.3 is 0 Å². The molecule has 0 spiro atoms. The molecular weight excluding hydrogens is 299 g/mol. The van der Waals surface area contributed by atoms with Crippen molar-refractivity contribution in [1.82, 2.24) is 0 Å². The van der Waals surface area contributed by atoms with E-state index >= 15 is 0 Å². The lowest BCUT2D eigenvalue weighted by molar-refractivity contribution is 0.175. The van der Waals surface area contributed by atoms with Crippen LogP contribution in [0.2, 0.25) is 0 Å². The Balaban J connectivity index is 1.80. The zero-order valence-electron chi connectivity index (χ0n) is 14.3. The first-order valence-corrected chi connectivity index (χ1v) is 10.4. The normalized spacial score (nSPS) is 11.0. The average molecular weight is 328 g/mol. The van der Waals surface area contributed by atoms with E-state index in [1.807, 2.05) is 0 Å². The van der Waals surface area contributed by atoms with Crippen LogP contribution in [0.3, 0.4) is 0 Å². The van der Waals surface area contributed by atoms with E-state index in [0.29, 0.717) is 0 Å². The van der Waals surface area contributed by atoms with Gasteiger partial charge in [-0.05, 0) is 25.0 Å². The summed E-state index contributed by atoms with van der Waals surface area (Å²) in [4.78, 5) is 0. The third kappa shape index (κ3) is 6.85. The zero-order chi connectivity index (χ0) is 16.2. The van der Waals surface area contributed by atoms with E-state index in [2.05, 4.69) is 67.6 Å². The van der Waals surface area contributed by atoms with Gasteiger partial charge in [-0.1, -0.05) is 99.7 Å². The molecule has 0 radical (unpaired) electrons. The lowest BCUT2D eigenvalue weighted by Gasteiger charge is -2.18. The fourth-order valence-electron chi connectivity index (χ4n) is 2.65. The Hall–Kier alpha value is -1.17. The van der Waals surface area contributed by atoms with Crippen molar-refractivity contribution in [2.24, 2.45) is 0 Å². The maximum Gasteiger partial charge on any atom is 0.0742 e. The molecule has 0 heterocycles. The first-order chi connectivity index (χ1) is 11.4. The average Bonchev–Trinajstić information content (AvgIpc) is 2.62. The van der Waals surface area contributed by atoms with Crippen LogP contribution in [0.1, 0.15) is 45.4 Å². The van der Waals surface area contributed by atoms with Gasteiger partial charge in [0.2, 0.25) is 0 Å². The van der Waals surface area contributed by atoms with Crippen molar-refractivity contribution in [1.29, 1.82) is 0 Å². The van der Waals surface area contributed by atoms with Crippen LogP contribution in [0.4, 0.5) is 0 Å². The minimum absolute atomic E-state index is 0.403. The summed E-state index contributed by atoms with van der Waals surface area (Å²) in [6, 6.07) is 21.6. The Kier molecular flexibility index (Phi) is 8.99. The van der Waals surface area contributed by atoms with Gasteiger partial charge in [-0.15, -0.1) is 0 Å². The van der Waals surface area contributed by atoms with Crippen molar-refractivity contribution >= 4 is 18.5 Å². The quantitative estimate of drug-likeness (QED) is 0.393. The van der Waals surface area contributed by atoms with Gasteiger partial charge in [0.05, 0.1) is 6.35 Å². The molecule has 0 saturated carbocycles. The van der Waals surface area contributed by atoms with Crippen molar-refractivity contribution in [2.75, 3.05) is 13.0 Å². The number of hydrogen-bond donors (Lipinski definition) is 0. The highest BCUT2D eigenvalue weighted by atomic mass is 31.1. The van der Waals surface area contributed by atoms with Gasteiger partial charge in [0.15, 0.2) is 0 Å². The molecule has 0 amide bonds. The van der Waals surface area contributed by atoms with Gasteiger partial charge in [-0.25, -0.2) is 0 Å². The van der Waals surface area contributed by atoms with Crippen LogP contribution in [0.15, 0.2) is 60.7 Å². The minimum Gasteiger partial charge on any atom is -0.376 e. The van der Waals surface area contributed by atoms with Gasteiger partial charge < -0.3 is 4.74 Å². The summed E-state index contributed by atoms with van der Waals surface area (Å²) in [6.45, 7) is 3.16. The lowest BCUT2D eigenvalue weighted by Crippen LogP contribution is -2.15. The van der Waals surface area contributed by atoms with Crippen molar-refractivity contribution in [3.63, 3.8) is 0 Å². The van der Waals surface area contributed by atoms with E-state index in [1.54, 1.807) is 0 Å². The maximum atomic E-state index is 6.04. The topological polar surface area (TPSA) is 9.23 Å². The predicted molar refractivity (Wildman–Crippen MR) is 103 cm³/mol. The molecule has 2 aromatic carbocycles. The fourth-order valence-corrected chi connectivity index (χ4v) is 4.63. The monoisotopic (exact) mass is 328 g/mol. The van der Waals surface area contributed by atoms with Crippen LogP contribution in [-0.4, -0.2) is 13.0 Å². The summed E-state index contributed by atoms with van der Waals surface area (Å²) >= 11 is 0. The second-order valence-corrected chi connectivity index (χ2v) is 8.05. The highest BCUT2D eigenvalue weighted by molar-refractivity contribution is 7.72. The predicted octanol–water partition coefficient (Wildman–Crippen LogP) is 5.45. The van der Waals surface area contributed by atoms with Crippen molar-refractivity contribution in [3.8, 4) is 0 Å². The highest BCUT2D eigenvalue weighted by Gasteiger charge is 2.13. The number of benzene rings is 2. The van der Waals surface area contributed by atoms with Crippen molar-refractivity contribution < 1.29 is 4.74 Å². The molecule has 0 unspecified atom stereocenters. The molecule has 0 atom stereocenters. The molecule has 2 heteroatoms. The third-order valence-corrected chi connectivity index (χ3v) is 6.28. The second-order valence-electron chi connectivity index (χ2n) is 5.90. The third-order valence-electron chi connectivity index (χ3n) is 4.00. The SMILES string of the molecule is CCCCCCCCOCP(c1ccccc1)c1ccccc1. The number of ether oxygens (including phenoxy) is 1. The minimum atomic E-state index is -0.403. The molecule has 1 nitrogen and oxygen atoms in total. The molecular formula is C21H29OP. The molecule has 0 aromatic heterocycles. The van der Waals surface area contributed by atoms with Crippen LogP contribution in [0.5, 0.6) is 0 Å². The van der Waals surface area contributed by atoms with Crippen molar-refractivity contribution in [2.45, 2.75) is 45.4 Å². The van der Waals surface area contributed by atoms with E-state index < -0.39 is 7.92 Å². The largest absolute Gasteiger partial charge is 0.376 e. The molecule has 0 fully saturated rings. The number of unbranched alkanes of at least 4 members (excludes halogenated alkanes) is 5. The van der Waals surface area contributed by atoms with Crippen LogP contribution < -0.4 is 10.6 Å². The molecule has 124 valence electrons. The van der Waals surface area contributed by atoms with Gasteiger partial charge in [0.1, 0.15) is 0 Å². The van der Waals surface area contributed by atoms with Gasteiger partial charge in [0, 0.05) is 6.61 Å². The van der Waals surface area contributed by atoms with Crippen molar-refractivity contribution in [3.05, 3.63) is 60.7 Å². The van der Waals surface area contributed by atoms with E-state index in [1.165, 1.54) is 49.1 Å². The smallest absolute Gasteiger partial charge is 0.0742 e. The molecule has 0 aliphatic heterocycles. The summed E-state index contributed by atoms with van der Waals surface area (Å²) in [5.41, 5.74) is 0. The van der Waals surface area contributed by atoms with E-state index in [4.69, 9.17) is 4.74 Å². The van der Waals surface area contributed by atoms with Crippen LogP contribution >= 0.6 is 7.92 Å². The Morgan fingerprint density at radius 2 is 1.22 bits per heavy atom. The van der Waals surface area contributed by atoms with Gasteiger partial charge in [0.25, 0.3) is 0 Å². The Morgan fingerprint density at radius 1 is 0.696 bits per heavy atom. The van der Waals surface area contributed by atoms with Crippen LogP contribution in [0.25, 0.3) is 0 Å². The first-order valence-electron chi connectivity index (χ1n) is 8.87. The van der Waals surface area contributed by atoms with Crippen LogP contribution in [-0.2, 0) is 4.74 Å². The van der Waals surface area contributed by atoms with E-state index in [-0.39, 0.29) is 0 Å². The molecule has 0 saturated heterocycles. The fraction of sp³-hybridized carbons (Fsp3) is 0.429. The van der Waals surface area contributed by atoms with E-state index in [0.717, 1.165) is 13.0 Å². The first kappa shape index (κ1) is 18.2. The highest BCUT2D eigenvalue weighted by Crippen LogP contribution is 2.33. The molecule has 0 aliphatic rings. The number of hydrogen-bond acceptors (Lipinski definition) is 1. The molecule has 0 aliphatic carbocycles. The molecule has 2 aromatic rings. The van der Waals surface area contributed by atoms with E-state index in [9.17, 15) is 0 Å². The van der Waals surface area contributed by atoms with Gasteiger partial charge in [-0.2, -0.15) is 0 Å².